The van der Waals surface area contributed by atoms with E-state index in [1.807, 2.05) is 36.4 Å². The lowest BCUT2D eigenvalue weighted by Gasteiger charge is -2.14. The Labute approximate surface area is 254 Å². The summed E-state index contributed by atoms with van der Waals surface area (Å²) in [6.07, 6.45) is 6.44. The van der Waals surface area contributed by atoms with Crippen molar-refractivity contribution >= 4 is 38.8 Å². The van der Waals surface area contributed by atoms with Crippen LogP contribution < -0.4 is 0 Å². The lowest BCUT2D eigenvalue weighted by atomic mass is 10.0. The highest BCUT2D eigenvalue weighted by atomic mass is 15.2. The molecule has 1 aliphatic carbocycles. The van der Waals surface area contributed by atoms with Crippen LogP contribution in [0.4, 0.5) is 0 Å². The Balaban J connectivity index is 1.38. The second-order valence-electron chi connectivity index (χ2n) is 11.2. The minimum absolute atomic E-state index is 0.644. The van der Waals surface area contributed by atoms with Gasteiger partial charge in [0.25, 0.3) is 0 Å². The summed E-state index contributed by atoms with van der Waals surface area (Å²) >= 11 is 0. The number of hydrogen-bond acceptors (Lipinski definition) is 3. The summed E-state index contributed by atoms with van der Waals surface area (Å²) in [5, 5.41) is 3.63. The first kappa shape index (κ1) is 24.8. The maximum Gasteiger partial charge on any atom is 0.238 e. The van der Waals surface area contributed by atoms with Crippen LogP contribution in [-0.4, -0.2) is 24.1 Å². The van der Waals surface area contributed by atoms with Gasteiger partial charge in [0.05, 0.1) is 16.6 Å². The Morgan fingerprint density at radius 3 is 1.80 bits per heavy atom. The molecule has 208 valence electrons. The number of rotatable bonds is 4. The van der Waals surface area contributed by atoms with Crippen LogP contribution in [0.2, 0.25) is 0 Å². The monoisotopic (exact) mass is 565 g/mol. The maximum atomic E-state index is 5.14. The maximum absolute atomic E-state index is 5.14. The number of para-hydroxylation sites is 2. The van der Waals surface area contributed by atoms with Crippen molar-refractivity contribution in [1.82, 2.24) is 24.1 Å². The summed E-state index contributed by atoms with van der Waals surface area (Å²) in [5.41, 5.74) is 9.04. The van der Waals surface area contributed by atoms with Crippen LogP contribution in [0.25, 0.3) is 73.2 Å². The van der Waals surface area contributed by atoms with Crippen molar-refractivity contribution in [3.8, 4) is 34.4 Å². The molecule has 0 unspecified atom stereocenters. The molecule has 0 atom stereocenters. The van der Waals surface area contributed by atoms with Crippen molar-refractivity contribution < 1.29 is 0 Å². The molecule has 9 rings (SSSR count). The quantitative estimate of drug-likeness (QED) is 0.214. The predicted octanol–water partition coefficient (Wildman–Crippen LogP) is 9.21. The molecule has 0 spiro atoms. The molecule has 8 aromatic rings. The van der Waals surface area contributed by atoms with E-state index in [-0.39, 0.29) is 0 Å². The van der Waals surface area contributed by atoms with Crippen molar-refractivity contribution in [3.63, 3.8) is 0 Å². The molecule has 0 amide bonds. The van der Waals surface area contributed by atoms with E-state index < -0.39 is 0 Å². The molecule has 0 bridgehead atoms. The van der Waals surface area contributed by atoms with Crippen molar-refractivity contribution in [2.24, 2.45) is 0 Å². The summed E-state index contributed by atoms with van der Waals surface area (Å²) in [6.45, 7) is 0. The molecule has 0 fully saturated rings. The van der Waals surface area contributed by atoms with Crippen molar-refractivity contribution in [1.29, 1.82) is 0 Å². The van der Waals surface area contributed by atoms with Gasteiger partial charge in [-0.05, 0) is 43.2 Å². The second kappa shape index (κ2) is 9.89. The third-order valence-electron chi connectivity index (χ3n) is 8.64. The molecule has 1 aliphatic rings. The van der Waals surface area contributed by atoms with Crippen LogP contribution in [0.5, 0.6) is 0 Å². The molecule has 5 heteroatoms. The van der Waals surface area contributed by atoms with E-state index in [0.29, 0.717) is 17.6 Å². The molecule has 3 heterocycles. The van der Waals surface area contributed by atoms with Gasteiger partial charge in [-0.1, -0.05) is 109 Å². The van der Waals surface area contributed by atoms with E-state index in [4.69, 9.17) is 15.0 Å². The Bertz CT molecular complexity index is 2310. The standard InChI is InChI=1S/C39H27N5/c1-4-14-26(15-5-1)37-40-38(27-16-6-2-7-17-27)42-39(41-37)44-34-23-13-11-21-30(34)32-24-35-31(25-36(32)44)29-20-10-12-22-33(29)43(35)28-18-8-3-9-19-28/h1-12,14-22,24-25H,13,23H2. The highest BCUT2D eigenvalue weighted by Crippen LogP contribution is 2.40. The number of hydrogen-bond donors (Lipinski definition) is 0. The van der Waals surface area contributed by atoms with E-state index in [0.717, 1.165) is 35.2 Å². The molecular formula is C39H27N5. The Morgan fingerprint density at radius 2 is 1.09 bits per heavy atom. The van der Waals surface area contributed by atoms with Crippen molar-refractivity contribution in [2.45, 2.75) is 12.8 Å². The number of benzene rings is 5. The summed E-state index contributed by atoms with van der Waals surface area (Å²) in [7, 11) is 0. The summed E-state index contributed by atoms with van der Waals surface area (Å²) in [4.78, 5) is 15.2. The smallest absolute Gasteiger partial charge is 0.238 e. The van der Waals surface area contributed by atoms with Gasteiger partial charge in [0, 0.05) is 44.2 Å². The average Bonchev–Trinajstić information content (AvgIpc) is 3.60. The summed E-state index contributed by atoms with van der Waals surface area (Å²) in [6, 6.07) is 44.4. The predicted molar refractivity (Wildman–Crippen MR) is 179 cm³/mol. The Morgan fingerprint density at radius 1 is 0.500 bits per heavy atom. The van der Waals surface area contributed by atoms with Crippen LogP contribution in [0.15, 0.2) is 133 Å². The van der Waals surface area contributed by atoms with Crippen LogP contribution in [0, 0.1) is 0 Å². The van der Waals surface area contributed by atoms with Gasteiger partial charge >= 0.3 is 0 Å². The number of nitrogens with zero attached hydrogens (tertiary/aromatic N) is 5. The lowest BCUT2D eigenvalue weighted by Crippen LogP contribution is -2.10. The fourth-order valence-electron chi connectivity index (χ4n) is 6.66. The van der Waals surface area contributed by atoms with Gasteiger partial charge in [0.15, 0.2) is 11.6 Å². The Kier molecular flexibility index (Phi) is 5.56. The van der Waals surface area contributed by atoms with Gasteiger partial charge in [-0.15, -0.1) is 0 Å². The molecule has 3 aromatic heterocycles. The molecule has 0 saturated carbocycles. The van der Waals surface area contributed by atoms with Gasteiger partial charge in [0.1, 0.15) is 0 Å². The van der Waals surface area contributed by atoms with E-state index in [9.17, 15) is 0 Å². The highest BCUT2D eigenvalue weighted by molar-refractivity contribution is 6.14. The molecule has 5 aromatic carbocycles. The summed E-state index contributed by atoms with van der Waals surface area (Å²) in [5.74, 6) is 1.97. The first-order valence-corrected chi connectivity index (χ1v) is 15.0. The average molecular weight is 566 g/mol. The fourth-order valence-corrected chi connectivity index (χ4v) is 6.66. The first-order valence-electron chi connectivity index (χ1n) is 15.0. The SMILES string of the molecule is C1=Cc2c(n(-c3nc(-c4ccccc4)nc(-c4ccccc4)n3)c3cc4c5ccccc5n(-c5ccccc5)c4cc23)CC1. The molecule has 0 aliphatic heterocycles. The van der Waals surface area contributed by atoms with E-state index in [1.165, 1.54) is 38.4 Å². The molecule has 0 saturated heterocycles. The van der Waals surface area contributed by atoms with E-state index in [2.05, 4.69) is 112 Å². The van der Waals surface area contributed by atoms with Crippen molar-refractivity contribution in [2.75, 3.05) is 0 Å². The zero-order chi connectivity index (χ0) is 29.0. The number of aromatic nitrogens is 5. The molecule has 44 heavy (non-hydrogen) atoms. The zero-order valence-corrected chi connectivity index (χ0v) is 23.9. The van der Waals surface area contributed by atoms with E-state index in [1.54, 1.807) is 0 Å². The van der Waals surface area contributed by atoms with Gasteiger partial charge in [0.2, 0.25) is 5.95 Å². The summed E-state index contributed by atoms with van der Waals surface area (Å²) < 4.78 is 4.66. The molecule has 0 N–H and O–H groups in total. The van der Waals surface area contributed by atoms with Gasteiger partial charge in [-0.25, -0.2) is 4.98 Å². The number of allylic oxidation sites excluding steroid dienone is 1. The largest absolute Gasteiger partial charge is 0.309 e. The third kappa shape index (κ3) is 3.83. The molecule has 5 nitrogen and oxygen atoms in total. The Hall–Kier alpha value is -5.81. The second-order valence-corrected chi connectivity index (χ2v) is 11.2. The van der Waals surface area contributed by atoms with Gasteiger partial charge < -0.3 is 4.57 Å². The normalized spacial score (nSPS) is 12.7. The van der Waals surface area contributed by atoms with Crippen LogP contribution >= 0.6 is 0 Å². The highest BCUT2D eigenvalue weighted by Gasteiger charge is 2.24. The number of fused-ring (bicyclic) bond motifs is 6. The van der Waals surface area contributed by atoms with Crippen LogP contribution in [0.3, 0.4) is 0 Å². The third-order valence-corrected chi connectivity index (χ3v) is 8.64. The van der Waals surface area contributed by atoms with Crippen LogP contribution in [-0.2, 0) is 6.42 Å². The molecular weight excluding hydrogens is 538 g/mol. The lowest BCUT2D eigenvalue weighted by molar-refractivity contribution is 0.839. The molecule has 0 radical (unpaired) electrons. The van der Waals surface area contributed by atoms with E-state index >= 15 is 0 Å². The van der Waals surface area contributed by atoms with Crippen LogP contribution in [0.1, 0.15) is 17.7 Å². The zero-order valence-electron chi connectivity index (χ0n) is 23.9. The first-order chi connectivity index (χ1) is 21.8. The van der Waals surface area contributed by atoms with Gasteiger partial charge in [-0.3, -0.25) is 4.57 Å². The minimum Gasteiger partial charge on any atom is -0.309 e. The fraction of sp³-hybridized carbons (Fsp3) is 0.0513. The van der Waals surface area contributed by atoms with Gasteiger partial charge in [-0.2, -0.15) is 9.97 Å². The minimum atomic E-state index is 0.644. The van der Waals surface area contributed by atoms with Crippen molar-refractivity contribution in [3.05, 3.63) is 145 Å². The topological polar surface area (TPSA) is 48.5 Å².